The van der Waals surface area contributed by atoms with Crippen molar-refractivity contribution in [2.45, 2.75) is 33.1 Å². The predicted octanol–water partition coefficient (Wildman–Crippen LogP) is 1.03. The van der Waals surface area contributed by atoms with Gasteiger partial charge in [-0.25, -0.2) is 0 Å². The maximum Gasteiger partial charge on any atom is 0.226 e. The second-order valence-corrected chi connectivity index (χ2v) is 5.37. The van der Waals surface area contributed by atoms with Gasteiger partial charge in [-0.3, -0.25) is 9.59 Å². The molecule has 2 unspecified atom stereocenters. The van der Waals surface area contributed by atoms with Crippen molar-refractivity contribution in [2.75, 3.05) is 33.2 Å². The highest BCUT2D eigenvalue weighted by atomic mass is 35.5. The fourth-order valence-corrected chi connectivity index (χ4v) is 2.49. The molecule has 0 aromatic rings. The number of carbonyl (C=O) groups excluding carboxylic acids is 2. The van der Waals surface area contributed by atoms with Crippen LogP contribution in [0.15, 0.2) is 0 Å². The molecular formula is C14H28ClN3O2. The van der Waals surface area contributed by atoms with E-state index in [1.807, 2.05) is 25.8 Å². The van der Waals surface area contributed by atoms with Crippen molar-refractivity contribution in [3.8, 4) is 0 Å². The Morgan fingerprint density at radius 3 is 2.70 bits per heavy atom. The van der Waals surface area contributed by atoms with Crippen molar-refractivity contribution < 1.29 is 9.59 Å². The molecule has 5 nitrogen and oxygen atoms in total. The Balaban J connectivity index is 0.00000361. The number of piperidine rings is 1. The first-order valence-corrected chi connectivity index (χ1v) is 7.31. The minimum atomic E-state index is -0.0361. The number of likely N-dealkylation sites (tertiary alicyclic amines) is 1. The van der Waals surface area contributed by atoms with Crippen LogP contribution >= 0.6 is 12.4 Å². The van der Waals surface area contributed by atoms with Crippen LogP contribution in [0, 0.1) is 11.8 Å². The zero-order valence-corrected chi connectivity index (χ0v) is 13.6. The lowest BCUT2D eigenvalue weighted by molar-refractivity contribution is -0.138. The first kappa shape index (κ1) is 19.2. The SMILES string of the molecule is CCCNC(=O)C1CCCN(C(=O)C(C)CNC)C1.Cl. The molecule has 1 rings (SSSR count). The Kier molecular flexibility index (Phi) is 9.59. The van der Waals surface area contributed by atoms with E-state index in [1.54, 1.807) is 0 Å². The van der Waals surface area contributed by atoms with Crippen LogP contribution in [0.5, 0.6) is 0 Å². The Hall–Kier alpha value is -0.810. The molecule has 0 saturated carbocycles. The summed E-state index contributed by atoms with van der Waals surface area (Å²) < 4.78 is 0. The molecule has 2 amide bonds. The summed E-state index contributed by atoms with van der Waals surface area (Å²) in [6.07, 6.45) is 2.75. The van der Waals surface area contributed by atoms with Gasteiger partial charge in [-0.1, -0.05) is 13.8 Å². The molecule has 1 heterocycles. The maximum absolute atomic E-state index is 12.2. The average molecular weight is 306 g/mol. The largest absolute Gasteiger partial charge is 0.356 e. The van der Waals surface area contributed by atoms with Crippen LogP contribution in [-0.4, -0.2) is 49.9 Å². The number of nitrogens with one attached hydrogen (secondary N) is 2. The van der Waals surface area contributed by atoms with Gasteiger partial charge in [0.15, 0.2) is 0 Å². The average Bonchev–Trinajstić information content (AvgIpc) is 2.44. The lowest BCUT2D eigenvalue weighted by Gasteiger charge is -2.33. The molecule has 1 fully saturated rings. The fourth-order valence-electron chi connectivity index (χ4n) is 2.49. The highest BCUT2D eigenvalue weighted by Crippen LogP contribution is 2.18. The van der Waals surface area contributed by atoms with Gasteiger partial charge in [0.2, 0.25) is 11.8 Å². The lowest BCUT2D eigenvalue weighted by Crippen LogP contribution is -2.48. The monoisotopic (exact) mass is 305 g/mol. The molecule has 0 bridgehead atoms. The van der Waals surface area contributed by atoms with Crippen molar-refractivity contribution in [1.82, 2.24) is 15.5 Å². The summed E-state index contributed by atoms with van der Waals surface area (Å²) in [5, 5.41) is 5.95. The molecule has 0 aromatic heterocycles. The van der Waals surface area contributed by atoms with Crippen LogP contribution in [0.3, 0.4) is 0 Å². The van der Waals surface area contributed by atoms with Gasteiger partial charge >= 0.3 is 0 Å². The van der Waals surface area contributed by atoms with Crippen LogP contribution in [0.1, 0.15) is 33.1 Å². The molecule has 0 aliphatic carbocycles. The van der Waals surface area contributed by atoms with E-state index in [0.717, 1.165) is 32.4 Å². The minimum absolute atomic E-state index is 0. The minimum Gasteiger partial charge on any atom is -0.356 e. The highest BCUT2D eigenvalue weighted by molar-refractivity contribution is 5.85. The fraction of sp³-hybridized carbons (Fsp3) is 0.857. The van der Waals surface area contributed by atoms with E-state index in [9.17, 15) is 9.59 Å². The molecule has 0 radical (unpaired) electrons. The lowest BCUT2D eigenvalue weighted by atomic mass is 9.96. The molecule has 2 atom stereocenters. The summed E-state index contributed by atoms with van der Waals surface area (Å²) in [7, 11) is 1.85. The first-order valence-electron chi connectivity index (χ1n) is 7.31. The number of nitrogens with zero attached hydrogens (tertiary/aromatic N) is 1. The first-order chi connectivity index (χ1) is 9.10. The predicted molar refractivity (Wildman–Crippen MR) is 82.9 cm³/mol. The van der Waals surface area contributed by atoms with Crippen molar-refractivity contribution >= 4 is 24.2 Å². The van der Waals surface area contributed by atoms with Crippen LogP contribution < -0.4 is 10.6 Å². The van der Waals surface area contributed by atoms with Crippen molar-refractivity contribution in [3.63, 3.8) is 0 Å². The molecule has 1 aliphatic rings. The van der Waals surface area contributed by atoms with E-state index in [2.05, 4.69) is 10.6 Å². The van der Waals surface area contributed by atoms with Gasteiger partial charge < -0.3 is 15.5 Å². The standard InChI is InChI=1S/C14H27N3O2.ClH/c1-4-7-16-13(18)12-6-5-8-17(10-12)14(19)11(2)9-15-3;/h11-12,15H,4-10H2,1-3H3,(H,16,18);1H. The van der Waals surface area contributed by atoms with Gasteiger partial charge in [0.1, 0.15) is 0 Å². The van der Waals surface area contributed by atoms with E-state index < -0.39 is 0 Å². The number of halogens is 1. The molecule has 6 heteroatoms. The third-order valence-corrected chi connectivity index (χ3v) is 3.58. The van der Waals surface area contributed by atoms with Crippen LogP contribution in [-0.2, 0) is 9.59 Å². The third kappa shape index (κ3) is 5.67. The van der Waals surface area contributed by atoms with Crippen LogP contribution in [0.4, 0.5) is 0 Å². The van der Waals surface area contributed by atoms with E-state index >= 15 is 0 Å². The molecule has 1 saturated heterocycles. The normalized spacial score (nSPS) is 19.9. The third-order valence-electron chi connectivity index (χ3n) is 3.58. The summed E-state index contributed by atoms with van der Waals surface area (Å²) in [4.78, 5) is 26.0. The Labute approximate surface area is 128 Å². The number of rotatable bonds is 6. The summed E-state index contributed by atoms with van der Waals surface area (Å²) >= 11 is 0. The molecule has 0 aromatic carbocycles. The van der Waals surface area contributed by atoms with Crippen molar-refractivity contribution in [2.24, 2.45) is 11.8 Å². The molecule has 2 N–H and O–H groups in total. The molecule has 1 aliphatic heterocycles. The molecule has 20 heavy (non-hydrogen) atoms. The van der Waals surface area contributed by atoms with Crippen molar-refractivity contribution in [3.05, 3.63) is 0 Å². The Morgan fingerprint density at radius 2 is 2.10 bits per heavy atom. The van der Waals surface area contributed by atoms with Gasteiger partial charge in [-0.15, -0.1) is 12.4 Å². The van der Waals surface area contributed by atoms with E-state index in [0.29, 0.717) is 13.1 Å². The maximum atomic E-state index is 12.2. The van der Waals surface area contributed by atoms with Gasteiger partial charge in [0.05, 0.1) is 5.92 Å². The van der Waals surface area contributed by atoms with E-state index in [4.69, 9.17) is 0 Å². The summed E-state index contributed by atoms with van der Waals surface area (Å²) in [6, 6.07) is 0. The van der Waals surface area contributed by atoms with Gasteiger partial charge in [-0.05, 0) is 26.3 Å². The number of hydrogen-bond acceptors (Lipinski definition) is 3. The smallest absolute Gasteiger partial charge is 0.226 e. The zero-order chi connectivity index (χ0) is 14.3. The Morgan fingerprint density at radius 1 is 1.40 bits per heavy atom. The van der Waals surface area contributed by atoms with E-state index in [1.165, 1.54) is 0 Å². The van der Waals surface area contributed by atoms with Gasteiger partial charge in [0.25, 0.3) is 0 Å². The topological polar surface area (TPSA) is 61.4 Å². The molecule has 118 valence electrons. The summed E-state index contributed by atoms with van der Waals surface area (Å²) in [5.74, 6) is 0.191. The highest BCUT2D eigenvalue weighted by Gasteiger charge is 2.29. The van der Waals surface area contributed by atoms with Crippen molar-refractivity contribution in [1.29, 1.82) is 0 Å². The molecule has 0 spiro atoms. The number of hydrogen-bond donors (Lipinski definition) is 2. The Bertz CT molecular complexity index is 313. The molecular weight excluding hydrogens is 278 g/mol. The summed E-state index contributed by atoms with van der Waals surface area (Å²) in [5.41, 5.74) is 0. The summed E-state index contributed by atoms with van der Waals surface area (Å²) in [6.45, 7) is 6.73. The number of carbonyl (C=O) groups is 2. The van der Waals surface area contributed by atoms with Gasteiger partial charge in [-0.2, -0.15) is 0 Å². The van der Waals surface area contributed by atoms with E-state index in [-0.39, 0.29) is 36.1 Å². The van der Waals surface area contributed by atoms with Gasteiger partial charge in [0, 0.05) is 32.1 Å². The van der Waals surface area contributed by atoms with Crippen LogP contribution in [0.2, 0.25) is 0 Å². The second-order valence-electron chi connectivity index (χ2n) is 5.37. The second kappa shape index (κ2) is 10.00. The van der Waals surface area contributed by atoms with Crippen LogP contribution in [0.25, 0.3) is 0 Å². The zero-order valence-electron chi connectivity index (χ0n) is 12.8. The quantitative estimate of drug-likeness (QED) is 0.770. The number of amides is 2.